The first kappa shape index (κ1) is 20.9. The molecule has 3 aliphatic carbocycles. The van der Waals surface area contributed by atoms with Crippen LogP contribution in [0.25, 0.3) is 0 Å². The van der Waals surface area contributed by atoms with E-state index in [0.717, 1.165) is 38.0 Å². The van der Waals surface area contributed by atoms with Gasteiger partial charge in [0.1, 0.15) is 5.75 Å². The fraction of sp³-hybridized carbons (Fsp3) is 0.692. The van der Waals surface area contributed by atoms with Crippen molar-refractivity contribution >= 4 is 0 Å². The highest BCUT2D eigenvalue weighted by Crippen LogP contribution is 2.63. The Hall–Kier alpha value is -1.32. The Bertz CT molecular complexity index is 749. The van der Waals surface area contributed by atoms with Crippen LogP contribution in [0, 0.1) is 17.3 Å². The Morgan fingerprint density at radius 2 is 1.97 bits per heavy atom. The van der Waals surface area contributed by atoms with E-state index in [-0.39, 0.29) is 0 Å². The van der Waals surface area contributed by atoms with Crippen LogP contribution in [0.3, 0.4) is 0 Å². The summed E-state index contributed by atoms with van der Waals surface area (Å²) in [6, 6.07) is 6.12. The molecule has 1 aromatic rings. The molecule has 0 aromatic heterocycles. The molecule has 1 N–H and O–H groups in total. The van der Waals surface area contributed by atoms with Crippen LogP contribution in [0.15, 0.2) is 29.8 Å². The van der Waals surface area contributed by atoms with Crippen molar-refractivity contribution in [2.75, 3.05) is 20.3 Å². The molecular formula is C26H39NO2. The van der Waals surface area contributed by atoms with Gasteiger partial charge in [-0.05, 0) is 98.4 Å². The molecule has 1 heterocycles. The summed E-state index contributed by atoms with van der Waals surface area (Å²) >= 11 is 0. The maximum Gasteiger partial charge on any atom is 0.115 e. The number of hydrogen-bond acceptors (Lipinski definition) is 3. The van der Waals surface area contributed by atoms with E-state index >= 15 is 0 Å². The first-order valence-corrected chi connectivity index (χ1v) is 11.9. The number of benzene rings is 1. The van der Waals surface area contributed by atoms with Crippen LogP contribution in [0.2, 0.25) is 0 Å². The van der Waals surface area contributed by atoms with E-state index in [4.69, 9.17) is 4.74 Å². The number of aryl methyl sites for hydroxylation is 1. The van der Waals surface area contributed by atoms with Gasteiger partial charge in [-0.25, -0.2) is 0 Å². The molecule has 5 rings (SSSR count). The average Bonchev–Trinajstić information content (AvgIpc) is 3.07. The predicted molar refractivity (Wildman–Crippen MR) is 119 cm³/mol. The number of nitrogens with zero attached hydrogens (tertiary/aromatic N) is 1. The maximum absolute atomic E-state index is 9.86. The summed E-state index contributed by atoms with van der Waals surface area (Å²) in [5.74, 6) is 2.75. The minimum atomic E-state index is 0.319. The van der Waals surface area contributed by atoms with Crippen LogP contribution in [0.4, 0.5) is 0 Å². The number of fused-ring (bicyclic) bond motifs is 5. The molecule has 1 aliphatic heterocycles. The molecule has 3 fully saturated rings. The molecular weight excluding hydrogens is 358 g/mol. The topological polar surface area (TPSA) is 32.7 Å². The summed E-state index contributed by atoms with van der Waals surface area (Å²) in [5, 5.41) is 9.86. The van der Waals surface area contributed by atoms with Gasteiger partial charge in [0.15, 0.2) is 0 Å². The van der Waals surface area contributed by atoms with Crippen molar-refractivity contribution in [3.8, 4) is 5.75 Å². The van der Waals surface area contributed by atoms with Crippen LogP contribution >= 0.6 is 0 Å². The minimum absolute atomic E-state index is 0.319. The highest BCUT2D eigenvalue weighted by atomic mass is 16.5. The molecule has 2 saturated carbocycles. The van der Waals surface area contributed by atoms with Crippen molar-refractivity contribution < 1.29 is 9.84 Å². The van der Waals surface area contributed by atoms with E-state index in [2.05, 4.69) is 31.0 Å². The highest BCUT2D eigenvalue weighted by molar-refractivity contribution is 5.41. The van der Waals surface area contributed by atoms with Gasteiger partial charge >= 0.3 is 0 Å². The largest absolute Gasteiger partial charge is 0.508 e. The van der Waals surface area contributed by atoms with Gasteiger partial charge in [0.05, 0.1) is 12.8 Å². The number of hydrogen-bond donors (Lipinski definition) is 1. The first-order valence-electron chi connectivity index (χ1n) is 11.9. The maximum atomic E-state index is 9.86. The molecule has 1 aromatic carbocycles. The van der Waals surface area contributed by atoms with Crippen LogP contribution < -0.4 is 0 Å². The summed E-state index contributed by atoms with van der Waals surface area (Å²) in [4.78, 5) is 2.26. The summed E-state index contributed by atoms with van der Waals surface area (Å²) in [7, 11) is 2.14. The second-order valence-electron chi connectivity index (χ2n) is 9.69. The lowest BCUT2D eigenvalue weighted by Crippen LogP contribution is -2.40. The Kier molecular flexibility index (Phi) is 6.09. The van der Waals surface area contributed by atoms with Gasteiger partial charge < -0.3 is 9.84 Å². The molecule has 0 spiro atoms. The molecule has 5 unspecified atom stereocenters. The van der Waals surface area contributed by atoms with E-state index in [0.29, 0.717) is 23.2 Å². The lowest BCUT2D eigenvalue weighted by atomic mass is 9.55. The molecule has 4 aliphatic rings. The molecule has 5 atom stereocenters. The summed E-state index contributed by atoms with van der Waals surface area (Å²) in [6.45, 7) is 8.46. The molecule has 0 amide bonds. The van der Waals surface area contributed by atoms with Crippen LogP contribution in [0.1, 0.15) is 76.3 Å². The second kappa shape index (κ2) is 8.43. The monoisotopic (exact) mass is 397 g/mol. The third-order valence-electron chi connectivity index (χ3n) is 8.25. The van der Waals surface area contributed by atoms with Gasteiger partial charge in [0.2, 0.25) is 0 Å². The summed E-state index contributed by atoms with van der Waals surface area (Å²) < 4.78 is 6.07. The number of phenols is 1. The molecule has 29 heavy (non-hydrogen) atoms. The zero-order valence-electron chi connectivity index (χ0n) is 18.8. The minimum Gasteiger partial charge on any atom is -0.508 e. The molecule has 3 nitrogen and oxygen atoms in total. The number of rotatable bonds is 1. The van der Waals surface area contributed by atoms with Gasteiger partial charge in [0.25, 0.3) is 0 Å². The molecule has 160 valence electrons. The standard InChI is InChI=1S/C24H33NO2.C2H6/c1-24-11-9-21-20-7-5-18(26)13-16(20)3-6-22(21)23(24)8-4-17(24)14-19-10-12-25(2)15-27-19;1-2/h5,7,13-14,19,21-23,26H,3-4,6,8-12,15H2,1-2H3;1-2H3/b17-14+;. The Balaban J connectivity index is 0.000000994. The SMILES string of the molecule is CC.CN1CCC(/C=C2\CCC3C4CCc5cc(O)ccc5C4CCC23C)OC1. The van der Waals surface area contributed by atoms with Crippen LogP contribution in [-0.2, 0) is 11.2 Å². The van der Waals surface area contributed by atoms with Crippen molar-refractivity contribution in [2.45, 2.75) is 77.7 Å². The zero-order valence-corrected chi connectivity index (χ0v) is 18.8. The van der Waals surface area contributed by atoms with E-state index in [1.165, 1.54) is 43.2 Å². The van der Waals surface area contributed by atoms with Crippen LogP contribution in [-0.4, -0.2) is 36.4 Å². The fourth-order valence-electron chi connectivity index (χ4n) is 6.76. The summed E-state index contributed by atoms with van der Waals surface area (Å²) in [5.41, 5.74) is 5.00. The molecule has 0 bridgehead atoms. The molecule has 0 radical (unpaired) electrons. The third-order valence-corrected chi connectivity index (χ3v) is 8.25. The number of ether oxygens (including phenoxy) is 1. The highest BCUT2D eigenvalue weighted by Gasteiger charge is 2.52. The average molecular weight is 398 g/mol. The van der Waals surface area contributed by atoms with E-state index < -0.39 is 0 Å². The lowest BCUT2D eigenvalue weighted by molar-refractivity contribution is -0.0364. The van der Waals surface area contributed by atoms with Crippen LogP contribution in [0.5, 0.6) is 5.75 Å². The second-order valence-corrected chi connectivity index (χ2v) is 9.69. The lowest BCUT2D eigenvalue weighted by Gasteiger charge is -2.49. The Morgan fingerprint density at radius 1 is 1.14 bits per heavy atom. The number of aromatic hydroxyl groups is 1. The van der Waals surface area contributed by atoms with Gasteiger partial charge in [-0.15, -0.1) is 0 Å². The van der Waals surface area contributed by atoms with Crippen molar-refractivity contribution in [1.29, 1.82) is 0 Å². The number of allylic oxidation sites excluding steroid dienone is 1. The van der Waals surface area contributed by atoms with Gasteiger partial charge in [-0.3, -0.25) is 4.90 Å². The Labute approximate surface area is 177 Å². The normalized spacial score (nSPS) is 37.9. The zero-order chi connectivity index (χ0) is 20.6. The van der Waals surface area contributed by atoms with Gasteiger partial charge in [-0.2, -0.15) is 0 Å². The van der Waals surface area contributed by atoms with Crippen molar-refractivity contribution in [1.82, 2.24) is 4.90 Å². The van der Waals surface area contributed by atoms with E-state index in [9.17, 15) is 5.11 Å². The third kappa shape index (κ3) is 3.77. The predicted octanol–water partition coefficient (Wildman–Crippen LogP) is 5.88. The fourth-order valence-corrected chi connectivity index (χ4v) is 6.76. The smallest absolute Gasteiger partial charge is 0.115 e. The number of phenolic OH excluding ortho intramolecular Hbond substituents is 1. The quantitative estimate of drug-likeness (QED) is 0.601. The van der Waals surface area contributed by atoms with Crippen molar-refractivity contribution in [3.63, 3.8) is 0 Å². The molecule has 1 saturated heterocycles. The van der Waals surface area contributed by atoms with Crippen molar-refractivity contribution in [3.05, 3.63) is 41.0 Å². The first-order chi connectivity index (χ1) is 14.0. The molecule has 3 heteroatoms. The Morgan fingerprint density at radius 3 is 2.72 bits per heavy atom. The van der Waals surface area contributed by atoms with E-state index in [1.54, 1.807) is 5.57 Å². The summed E-state index contributed by atoms with van der Waals surface area (Å²) in [6.07, 6.45) is 11.6. The van der Waals surface area contributed by atoms with Crippen molar-refractivity contribution in [2.24, 2.45) is 17.3 Å². The van der Waals surface area contributed by atoms with Gasteiger partial charge in [0, 0.05) is 6.54 Å². The van der Waals surface area contributed by atoms with E-state index in [1.807, 2.05) is 26.0 Å². The van der Waals surface area contributed by atoms with Gasteiger partial charge in [-0.1, -0.05) is 38.5 Å².